The minimum absolute atomic E-state index is 0.177. The fourth-order valence-electron chi connectivity index (χ4n) is 1.73. The molecule has 1 N–H and O–H groups in total. The molecule has 1 aromatic carbocycles. The molecule has 0 saturated carbocycles. The summed E-state index contributed by atoms with van der Waals surface area (Å²) in [5.41, 5.74) is 0.736. The predicted molar refractivity (Wildman–Crippen MR) is 75.5 cm³/mol. The average Bonchev–Trinajstić information content (AvgIpc) is 2.26. The Morgan fingerprint density at radius 3 is 2.44 bits per heavy atom. The molecule has 1 rings (SSSR count). The van der Waals surface area contributed by atoms with Gasteiger partial charge in [0.15, 0.2) is 0 Å². The number of hydrogen-bond acceptors (Lipinski definition) is 2. The van der Waals surface area contributed by atoms with Crippen LogP contribution in [0.1, 0.15) is 25.8 Å². The third-order valence-corrected chi connectivity index (χ3v) is 4.52. The molecule has 18 heavy (non-hydrogen) atoms. The van der Waals surface area contributed by atoms with Crippen LogP contribution < -0.4 is 4.72 Å². The van der Waals surface area contributed by atoms with Crippen LogP contribution in [-0.2, 0) is 10.0 Å². The molecular weight excluding hydrogens is 270 g/mol. The van der Waals surface area contributed by atoms with E-state index < -0.39 is 10.0 Å². The molecule has 1 atom stereocenters. The van der Waals surface area contributed by atoms with Crippen LogP contribution in [0.3, 0.4) is 0 Å². The van der Waals surface area contributed by atoms with Crippen molar-refractivity contribution in [3.05, 3.63) is 29.8 Å². The standard InChI is InChI=1S/C13H20ClNO2S/c1-10(2)8-12(14)9-15-18(16,17)13-7-5-4-6-11(13)3/h4-7,10,12,15H,8-9H2,1-3H3. The van der Waals surface area contributed by atoms with Gasteiger partial charge in [-0.25, -0.2) is 13.1 Å². The molecule has 0 aliphatic heterocycles. The molecule has 0 heterocycles. The summed E-state index contributed by atoms with van der Waals surface area (Å²) in [6, 6.07) is 6.91. The van der Waals surface area contributed by atoms with Gasteiger partial charge in [0.1, 0.15) is 0 Å². The fourth-order valence-corrected chi connectivity index (χ4v) is 3.58. The van der Waals surface area contributed by atoms with E-state index in [9.17, 15) is 8.42 Å². The van der Waals surface area contributed by atoms with E-state index in [4.69, 9.17) is 11.6 Å². The molecule has 5 heteroatoms. The van der Waals surface area contributed by atoms with Crippen LogP contribution in [0.15, 0.2) is 29.2 Å². The summed E-state index contributed by atoms with van der Waals surface area (Å²) in [7, 11) is -3.46. The number of benzene rings is 1. The van der Waals surface area contributed by atoms with Crippen molar-refractivity contribution in [2.75, 3.05) is 6.54 Å². The zero-order valence-corrected chi connectivity index (χ0v) is 12.6. The number of rotatable bonds is 6. The molecule has 0 aliphatic rings. The first-order chi connectivity index (χ1) is 8.33. The normalized spacial score (nSPS) is 13.8. The van der Waals surface area contributed by atoms with Crippen molar-refractivity contribution < 1.29 is 8.42 Å². The van der Waals surface area contributed by atoms with Crippen LogP contribution in [-0.4, -0.2) is 20.3 Å². The molecule has 1 aromatic rings. The van der Waals surface area contributed by atoms with Crippen LogP contribution >= 0.6 is 11.6 Å². The Hall–Kier alpha value is -0.580. The van der Waals surface area contributed by atoms with Crippen molar-refractivity contribution in [1.29, 1.82) is 0 Å². The molecule has 0 aliphatic carbocycles. The Morgan fingerprint density at radius 1 is 1.28 bits per heavy atom. The second kappa shape index (κ2) is 6.55. The Bertz CT molecular complexity index is 486. The van der Waals surface area contributed by atoms with E-state index >= 15 is 0 Å². The van der Waals surface area contributed by atoms with E-state index in [1.165, 1.54) is 0 Å². The van der Waals surface area contributed by atoms with Crippen molar-refractivity contribution in [3.8, 4) is 0 Å². The summed E-state index contributed by atoms with van der Waals surface area (Å²) in [4.78, 5) is 0.318. The van der Waals surface area contributed by atoms with Crippen molar-refractivity contribution in [3.63, 3.8) is 0 Å². The van der Waals surface area contributed by atoms with Gasteiger partial charge in [-0.05, 0) is 30.9 Å². The lowest BCUT2D eigenvalue weighted by Gasteiger charge is -2.14. The number of halogens is 1. The fraction of sp³-hybridized carbons (Fsp3) is 0.538. The number of nitrogens with one attached hydrogen (secondary N) is 1. The van der Waals surface area contributed by atoms with E-state index in [0.717, 1.165) is 12.0 Å². The van der Waals surface area contributed by atoms with Crippen LogP contribution in [0.25, 0.3) is 0 Å². The molecule has 0 aromatic heterocycles. The molecule has 1 unspecified atom stereocenters. The second-order valence-corrected chi connectivity index (χ2v) is 7.20. The topological polar surface area (TPSA) is 46.2 Å². The lowest BCUT2D eigenvalue weighted by Crippen LogP contribution is -2.30. The van der Waals surface area contributed by atoms with Gasteiger partial charge in [-0.15, -0.1) is 11.6 Å². The van der Waals surface area contributed by atoms with Gasteiger partial charge in [0.2, 0.25) is 10.0 Å². The number of hydrogen-bond donors (Lipinski definition) is 1. The van der Waals surface area contributed by atoms with Crippen molar-refractivity contribution in [1.82, 2.24) is 4.72 Å². The Balaban J connectivity index is 2.69. The smallest absolute Gasteiger partial charge is 0.210 e. The molecule has 102 valence electrons. The van der Waals surface area contributed by atoms with E-state index in [0.29, 0.717) is 10.8 Å². The van der Waals surface area contributed by atoms with Gasteiger partial charge in [0.05, 0.1) is 4.90 Å². The molecule has 0 saturated heterocycles. The number of aryl methyl sites for hydroxylation is 1. The minimum atomic E-state index is -3.46. The summed E-state index contributed by atoms with van der Waals surface area (Å²) in [5.74, 6) is 0.454. The Labute approximate surface area is 115 Å². The van der Waals surface area contributed by atoms with Gasteiger partial charge < -0.3 is 0 Å². The zero-order valence-electron chi connectivity index (χ0n) is 11.0. The average molecular weight is 290 g/mol. The van der Waals surface area contributed by atoms with Crippen LogP contribution in [0, 0.1) is 12.8 Å². The first kappa shape index (κ1) is 15.5. The lowest BCUT2D eigenvalue weighted by molar-refractivity contribution is 0.544. The van der Waals surface area contributed by atoms with Crippen LogP contribution in [0.4, 0.5) is 0 Å². The van der Waals surface area contributed by atoms with Crippen molar-refractivity contribution in [2.45, 2.75) is 37.5 Å². The second-order valence-electron chi connectivity index (χ2n) is 4.84. The van der Waals surface area contributed by atoms with E-state index in [-0.39, 0.29) is 11.9 Å². The highest BCUT2D eigenvalue weighted by Crippen LogP contribution is 2.15. The maximum Gasteiger partial charge on any atom is 0.240 e. The van der Waals surface area contributed by atoms with Crippen LogP contribution in [0.2, 0.25) is 0 Å². The van der Waals surface area contributed by atoms with Gasteiger partial charge in [0, 0.05) is 11.9 Å². The maximum absolute atomic E-state index is 12.1. The van der Waals surface area contributed by atoms with Gasteiger partial charge in [0.25, 0.3) is 0 Å². The largest absolute Gasteiger partial charge is 0.240 e. The van der Waals surface area contributed by atoms with Crippen molar-refractivity contribution in [2.24, 2.45) is 5.92 Å². The Morgan fingerprint density at radius 2 is 1.89 bits per heavy atom. The highest BCUT2D eigenvalue weighted by molar-refractivity contribution is 7.89. The summed E-state index contributed by atoms with van der Waals surface area (Å²) in [6.45, 7) is 6.16. The molecule has 0 bridgehead atoms. The summed E-state index contributed by atoms with van der Waals surface area (Å²) < 4.78 is 26.7. The molecule has 3 nitrogen and oxygen atoms in total. The highest BCUT2D eigenvalue weighted by Gasteiger charge is 2.17. The molecule has 0 fully saturated rings. The molecule has 0 spiro atoms. The maximum atomic E-state index is 12.1. The molecule has 0 radical (unpaired) electrons. The molecule has 0 amide bonds. The van der Waals surface area contributed by atoms with Crippen molar-refractivity contribution >= 4 is 21.6 Å². The van der Waals surface area contributed by atoms with E-state index in [2.05, 4.69) is 18.6 Å². The quantitative estimate of drug-likeness (QED) is 0.819. The van der Waals surface area contributed by atoms with E-state index in [1.807, 2.05) is 6.07 Å². The lowest BCUT2D eigenvalue weighted by atomic mass is 10.1. The minimum Gasteiger partial charge on any atom is -0.210 e. The van der Waals surface area contributed by atoms with E-state index in [1.54, 1.807) is 25.1 Å². The van der Waals surface area contributed by atoms with Crippen LogP contribution in [0.5, 0.6) is 0 Å². The Kier molecular flexibility index (Phi) is 5.63. The van der Waals surface area contributed by atoms with Gasteiger partial charge >= 0.3 is 0 Å². The SMILES string of the molecule is Cc1ccccc1S(=O)(=O)NCC(Cl)CC(C)C. The molecular formula is C13H20ClNO2S. The monoisotopic (exact) mass is 289 g/mol. The highest BCUT2D eigenvalue weighted by atomic mass is 35.5. The summed E-state index contributed by atoms with van der Waals surface area (Å²) in [5, 5.41) is -0.177. The first-order valence-electron chi connectivity index (χ1n) is 6.02. The number of sulfonamides is 1. The summed E-state index contributed by atoms with van der Waals surface area (Å²) in [6.07, 6.45) is 0.790. The predicted octanol–water partition coefficient (Wildman–Crippen LogP) is 2.93. The van der Waals surface area contributed by atoms with Gasteiger partial charge in [-0.1, -0.05) is 32.0 Å². The summed E-state index contributed by atoms with van der Waals surface area (Å²) >= 11 is 6.08. The third-order valence-electron chi connectivity index (χ3n) is 2.61. The third kappa shape index (κ3) is 4.59. The zero-order chi connectivity index (χ0) is 13.8. The van der Waals surface area contributed by atoms with Gasteiger partial charge in [-0.3, -0.25) is 0 Å². The first-order valence-corrected chi connectivity index (χ1v) is 7.94. The number of alkyl halides is 1. The van der Waals surface area contributed by atoms with Gasteiger partial charge in [-0.2, -0.15) is 0 Å².